The number of anilines is 1. The molecule has 1 saturated heterocycles. The Morgan fingerprint density at radius 2 is 2.53 bits per heavy atom. The summed E-state index contributed by atoms with van der Waals surface area (Å²) in [5.41, 5.74) is 2.98. The van der Waals surface area contributed by atoms with Crippen LogP contribution < -0.4 is 16.6 Å². The van der Waals surface area contributed by atoms with Crippen molar-refractivity contribution < 1.29 is 14.3 Å². The minimum Gasteiger partial charge on any atom is -0.378 e. The van der Waals surface area contributed by atoms with E-state index < -0.39 is 5.60 Å². The molecular formula is C12H18N4O3. The van der Waals surface area contributed by atoms with E-state index in [1.807, 2.05) is 0 Å². The van der Waals surface area contributed by atoms with Gasteiger partial charge in [0, 0.05) is 32.9 Å². The number of hydrogen-bond acceptors (Lipinski definition) is 6. The van der Waals surface area contributed by atoms with Crippen LogP contribution >= 0.6 is 0 Å². The second-order valence-electron chi connectivity index (χ2n) is 4.45. The molecule has 0 radical (unpaired) electrons. The van der Waals surface area contributed by atoms with Gasteiger partial charge >= 0.3 is 0 Å². The lowest BCUT2D eigenvalue weighted by atomic mass is 10.0. The minimum absolute atomic E-state index is 0.263. The summed E-state index contributed by atoms with van der Waals surface area (Å²) in [4.78, 5) is 16.0. The third kappa shape index (κ3) is 3.19. The van der Waals surface area contributed by atoms with Crippen molar-refractivity contribution in [2.75, 3.05) is 32.3 Å². The fourth-order valence-electron chi connectivity index (χ4n) is 1.94. The van der Waals surface area contributed by atoms with Crippen LogP contribution in [0.2, 0.25) is 0 Å². The van der Waals surface area contributed by atoms with Crippen molar-refractivity contribution in [3.63, 3.8) is 0 Å². The van der Waals surface area contributed by atoms with Crippen molar-refractivity contribution in [1.29, 1.82) is 0 Å². The lowest BCUT2D eigenvalue weighted by Gasteiger charge is -2.25. The largest absolute Gasteiger partial charge is 0.378 e. The minimum atomic E-state index is -0.431. The van der Waals surface area contributed by atoms with E-state index in [9.17, 15) is 4.79 Å². The van der Waals surface area contributed by atoms with Crippen molar-refractivity contribution in [2.45, 2.75) is 12.0 Å². The highest BCUT2D eigenvalue weighted by Crippen LogP contribution is 2.21. The maximum Gasteiger partial charge on any atom is 0.270 e. The van der Waals surface area contributed by atoms with E-state index in [1.165, 1.54) is 6.20 Å². The van der Waals surface area contributed by atoms with Gasteiger partial charge in [-0.2, -0.15) is 0 Å². The Hall–Kier alpha value is -1.70. The maximum absolute atomic E-state index is 12.0. The molecule has 7 heteroatoms. The molecule has 1 aliphatic heterocycles. The number of ether oxygens (including phenoxy) is 2. The third-order valence-corrected chi connectivity index (χ3v) is 3.23. The van der Waals surface area contributed by atoms with Crippen molar-refractivity contribution in [1.82, 2.24) is 10.3 Å². The van der Waals surface area contributed by atoms with Crippen molar-refractivity contribution >= 4 is 11.6 Å². The molecule has 4 N–H and O–H groups in total. The first-order valence-electron chi connectivity index (χ1n) is 6.03. The van der Waals surface area contributed by atoms with Crippen LogP contribution in [0.1, 0.15) is 16.9 Å². The summed E-state index contributed by atoms with van der Waals surface area (Å²) in [5.74, 6) is 5.03. The predicted molar refractivity (Wildman–Crippen MR) is 69.6 cm³/mol. The Balaban J connectivity index is 1.97. The Bertz CT molecular complexity index is 446. The van der Waals surface area contributed by atoms with Crippen LogP contribution in [0, 0.1) is 0 Å². The van der Waals surface area contributed by atoms with Gasteiger partial charge in [-0.05, 0) is 12.1 Å². The number of hydrazine groups is 1. The summed E-state index contributed by atoms with van der Waals surface area (Å²) in [6.07, 6.45) is 2.29. The topological polar surface area (TPSA) is 98.5 Å². The highest BCUT2D eigenvalue weighted by molar-refractivity contribution is 5.93. The van der Waals surface area contributed by atoms with Gasteiger partial charge in [-0.1, -0.05) is 0 Å². The molecule has 0 saturated carbocycles. The van der Waals surface area contributed by atoms with E-state index in [2.05, 4.69) is 15.7 Å². The molecule has 1 amide bonds. The monoisotopic (exact) mass is 266 g/mol. The smallest absolute Gasteiger partial charge is 0.270 e. The lowest BCUT2D eigenvalue weighted by molar-refractivity contribution is -0.0149. The van der Waals surface area contributed by atoms with Gasteiger partial charge in [-0.25, -0.2) is 0 Å². The molecule has 2 rings (SSSR count). The van der Waals surface area contributed by atoms with Gasteiger partial charge in [0.25, 0.3) is 5.91 Å². The standard InChI is InChI=1S/C12H18N4O3/c1-18-12(3-5-19-8-12)7-15-11(17)10-6-9(16-13)2-4-14-10/h2,4,6H,3,5,7-8,13H2,1H3,(H,14,16)(H,15,17). The Morgan fingerprint density at radius 1 is 1.68 bits per heavy atom. The van der Waals surface area contributed by atoms with E-state index in [0.29, 0.717) is 31.1 Å². The van der Waals surface area contributed by atoms with E-state index in [1.54, 1.807) is 19.2 Å². The number of carbonyl (C=O) groups excluding carboxylic acids is 1. The SMILES string of the molecule is COC1(CNC(=O)c2cc(NN)ccn2)CCOC1. The zero-order valence-corrected chi connectivity index (χ0v) is 10.8. The van der Waals surface area contributed by atoms with E-state index in [4.69, 9.17) is 15.3 Å². The average Bonchev–Trinajstić information content (AvgIpc) is 2.94. The first kappa shape index (κ1) is 13.7. The molecule has 1 aliphatic rings. The number of rotatable bonds is 5. The number of pyridine rings is 1. The van der Waals surface area contributed by atoms with Gasteiger partial charge in [0.1, 0.15) is 11.3 Å². The summed E-state index contributed by atoms with van der Waals surface area (Å²) in [6.45, 7) is 1.53. The second kappa shape index (κ2) is 5.96. The van der Waals surface area contributed by atoms with Crippen molar-refractivity contribution in [3.05, 3.63) is 24.0 Å². The number of amides is 1. The number of hydrogen-bond donors (Lipinski definition) is 3. The average molecular weight is 266 g/mol. The van der Waals surface area contributed by atoms with Crippen molar-refractivity contribution in [2.24, 2.45) is 5.84 Å². The van der Waals surface area contributed by atoms with Crippen LogP contribution in [0.3, 0.4) is 0 Å². The molecule has 1 fully saturated rings. The van der Waals surface area contributed by atoms with Gasteiger partial charge in [-0.15, -0.1) is 0 Å². The van der Waals surface area contributed by atoms with Crippen LogP contribution in [0.4, 0.5) is 5.69 Å². The van der Waals surface area contributed by atoms with Gasteiger partial charge in [0.15, 0.2) is 0 Å². The normalized spacial score (nSPS) is 22.2. The summed E-state index contributed by atoms with van der Waals surface area (Å²) >= 11 is 0. The number of carbonyl (C=O) groups is 1. The summed E-state index contributed by atoms with van der Waals surface area (Å²) in [6, 6.07) is 3.26. The van der Waals surface area contributed by atoms with Crippen molar-refractivity contribution in [3.8, 4) is 0 Å². The van der Waals surface area contributed by atoms with Crippen LogP contribution in [0.5, 0.6) is 0 Å². The molecule has 0 aliphatic carbocycles. The molecule has 0 bridgehead atoms. The van der Waals surface area contributed by atoms with Gasteiger partial charge < -0.3 is 20.2 Å². The summed E-state index contributed by atoms with van der Waals surface area (Å²) < 4.78 is 10.7. The van der Waals surface area contributed by atoms with Crippen LogP contribution in [0.25, 0.3) is 0 Å². The highest BCUT2D eigenvalue weighted by atomic mass is 16.5. The number of nitrogens with zero attached hydrogens (tertiary/aromatic N) is 1. The zero-order chi connectivity index (χ0) is 13.7. The quantitative estimate of drug-likeness (QED) is 0.508. The molecule has 2 heterocycles. The lowest BCUT2D eigenvalue weighted by Crippen LogP contribution is -2.45. The maximum atomic E-state index is 12.0. The first-order valence-corrected chi connectivity index (χ1v) is 6.03. The van der Waals surface area contributed by atoms with E-state index >= 15 is 0 Å². The zero-order valence-electron chi connectivity index (χ0n) is 10.8. The summed E-state index contributed by atoms with van der Waals surface area (Å²) in [7, 11) is 1.62. The molecule has 1 unspecified atom stereocenters. The Labute approximate surface area is 111 Å². The Morgan fingerprint density at radius 3 is 3.16 bits per heavy atom. The number of methoxy groups -OCH3 is 1. The molecule has 1 aromatic rings. The molecule has 0 aromatic carbocycles. The fraction of sp³-hybridized carbons (Fsp3) is 0.500. The van der Waals surface area contributed by atoms with E-state index in [0.717, 1.165) is 6.42 Å². The van der Waals surface area contributed by atoms with Gasteiger partial charge in [0.05, 0.1) is 12.3 Å². The Kier molecular flexibility index (Phi) is 4.31. The highest BCUT2D eigenvalue weighted by Gasteiger charge is 2.35. The third-order valence-electron chi connectivity index (χ3n) is 3.23. The molecule has 19 heavy (non-hydrogen) atoms. The predicted octanol–water partition coefficient (Wildman–Crippen LogP) is -0.0975. The number of nitrogens with one attached hydrogen (secondary N) is 2. The molecule has 1 atom stereocenters. The first-order chi connectivity index (χ1) is 9.19. The van der Waals surface area contributed by atoms with Crippen LogP contribution in [-0.2, 0) is 9.47 Å². The molecule has 1 aromatic heterocycles. The van der Waals surface area contributed by atoms with Crippen LogP contribution in [0.15, 0.2) is 18.3 Å². The summed E-state index contributed by atoms with van der Waals surface area (Å²) in [5, 5.41) is 2.81. The molecule has 0 spiro atoms. The molecular weight excluding hydrogens is 248 g/mol. The number of aromatic nitrogens is 1. The van der Waals surface area contributed by atoms with Gasteiger partial charge in [0.2, 0.25) is 0 Å². The number of nitrogen functional groups attached to an aromatic ring is 1. The fourth-order valence-corrected chi connectivity index (χ4v) is 1.94. The molecule has 7 nitrogen and oxygen atoms in total. The second-order valence-corrected chi connectivity index (χ2v) is 4.45. The van der Waals surface area contributed by atoms with Gasteiger partial charge in [-0.3, -0.25) is 15.6 Å². The van der Waals surface area contributed by atoms with E-state index in [-0.39, 0.29) is 5.91 Å². The number of nitrogens with two attached hydrogens (primary N) is 1. The molecule has 104 valence electrons. The van der Waals surface area contributed by atoms with Crippen LogP contribution in [-0.4, -0.2) is 43.4 Å².